The number of carbonyl (C=O) groups excluding carboxylic acids is 1. The Morgan fingerprint density at radius 3 is 2.55 bits per heavy atom. The van der Waals surface area contributed by atoms with E-state index in [1.165, 1.54) is 42.3 Å². The molecule has 5 aromatic rings. The molecule has 0 aliphatic heterocycles. The summed E-state index contributed by atoms with van der Waals surface area (Å²) in [7, 11) is 1.49. The van der Waals surface area contributed by atoms with E-state index in [2.05, 4.69) is 56.8 Å². The number of hydrogen-bond acceptors (Lipinski definition) is 14. The normalized spacial score (nSPS) is 11.2. The smallest absolute Gasteiger partial charge is 0.404 e. The largest absolute Gasteiger partial charge is 0.496 e. The van der Waals surface area contributed by atoms with Gasteiger partial charge in [0.2, 0.25) is 11.6 Å². The van der Waals surface area contributed by atoms with Crippen LogP contribution in [0.2, 0.25) is 0 Å². The molecule has 0 unspecified atom stereocenters. The topological polar surface area (TPSA) is 250 Å². The molecular formula is C24H19BrN12O7. The van der Waals surface area contributed by atoms with Gasteiger partial charge in [-0.1, -0.05) is 5.21 Å². The number of nitro groups is 2. The number of hydrogen-bond donors (Lipinski definition) is 2. The second kappa shape index (κ2) is 12.1. The van der Waals surface area contributed by atoms with Crippen molar-refractivity contribution in [3.8, 4) is 22.8 Å². The Labute approximate surface area is 253 Å². The molecular weight excluding hydrogens is 648 g/mol. The zero-order valence-corrected chi connectivity index (χ0v) is 24.2. The second-order valence-electron chi connectivity index (χ2n) is 8.88. The van der Waals surface area contributed by atoms with Gasteiger partial charge in [0.25, 0.3) is 11.6 Å². The quantitative estimate of drug-likeness (QED) is 0.124. The zero-order chi connectivity index (χ0) is 31.5. The summed E-state index contributed by atoms with van der Waals surface area (Å²) in [4.78, 5) is 34.4. The van der Waals surface area contributed by atoms with Crippen molar-refractivity contribution in [2.75, 3.05) is 12.8 Å². The van der Waals surface area contributed by atoms with Crippen molar-refractivity contribution < 1.29 is 24.0 Å². The van der Waals surface area contributed by atoms with Gasteiger partial charge in [-0.05, 0) is 74.0 Å². The molecule has 0 spiro atoms. The van der Waals surface area contributed by atoms with E-state index in [9.17, 15) is 25.0 Å². The molecule has 0 saturated carbocycles. The van der Waals surface area contributed by atoms with Crippen molar-refractivity contribution in [3.63, 3.8) is 0 Å². The number of aromatic nitrogens is 7. The van der Waals surface area contributed by atoms with Crippen molar-refractivity contribution >= 4 is 45.4 Å². The number of anilines is 1. The lowest BCUT2D eigenvalue weighted by atomic mass is 10.1. The van der Waals surface area contributed by atoms with Crippen LogP contribution in [0.3, 0.4) is 0 Å². The molecule has 2 aromatic carbocycles. The van der Waals surface area contributed by atoms with Crippen molar-refractivity contribution in [1.82, 2.24) is 40.5 Å². The molecule has 44 heavy (non-hydrogen) atoms. The van der Waals surface area contributed by atoms with Gasteiger partial charge < -0.3 is 20.6 Å². The van der Waals surface area contributed by atoms with E-state index in [0.29, 0.717) is 28.1 Å². The number of nitrogens with one attached hydrogen (secondary N) is 1. The molecule has 0 aliphatic carbocycles. The van der Waals surface area contributed by atoms with Crippen LogP contribution in [-0.4, -0.2) is 64.2 Å². The van der Waals surface area contributed by atoms with E-state index in [1.807, 2.05) is 0 Å². The fraction of sp³-hybridized carbons (Fsp3) is 0.125. The van der Waals surface area contributed by atoms with Gasteiger partial charge in [-0.3, -0.25) is 14.9 Å². The number of nitro benzene ring substituents is 1. The lowest BCUT2D eigenvalue weighted by Gasteiger charge is -2.09. The maximum Gasteiger partial charge on any atom is 0.404 e. The Morgan fingerprint density at radius 1 is 1.18 bits per heavy atom. The number of benzene rings is 2. The summed E-state index contributed by atoms with van der Waals surface area (Å²) in [6.07, 6.45) is 1.37. The maximum absolute atomic E-state index is 13.2. The monoisotopic (exact) mass is 666 g/mol. The molecule has 5 rings (SSSR count). The van der Waals surface area contributed by atoms with Crippen LogP contribution in [0, 0.1) is 27.2 Å². The van der Waals surface area contributed by atoms with Crippen molar-refractivity contribution in [1.29, 1.82) is 0 Å². The molecule has 3 aromatic heterocycles. The molecule has 0 saturated heterocycles. The predicted molar refractivity (Wildman–Crippen MR) is 154 cm³/mol. The first-order valence-corrected chi connectivity index (χ1v) is 13.0. The number of hydrazone groups is 1. The zero-order valence-electron chi connectivity index (χ0n) is 22.6. The lowest BCUT2D eigenvalue weighted by molar-refractivity contribution is -0.390. The molecule has 3 heterocycles. The molecule has 1 amide bonds. The second-order valence-corrected chi connectivity index (χ2v) is 9.68. The Balaban J connectivity index is 1.41. The Kier molecular flexibility index (Phi) is 8.06. The van der Waals surface area contributed by atoms with Gasteiger partial charge in [0, 0.05) is 23.3 Å². The van der Waals surface area contributed by atoms with Crippen LogP contribution in [0.1, 0.15) is 27.3 Å². The van der Waals surface area contributed by atoms with Crippen molar-refractivity contribution in [2.24, 2.45) is 5.10 Å². The molecule has 0 atom stereocenters. The molecule has 0 bridgehead atoms. The third-order valence-electron chi connectivity index (χ3n) is 6.23. The van der Waals surface area contributed by atoms with Crippen molar-refractivity contribution in [3.05, 3.63) is 89.7 Å². The Bertz CT molecular complexity index is 1930. The molecule has 0 aliphatic rings. The van der Waals surface area contributed by atoms with E-state index in [-0.39, 0.29) is 45.5 Å². The molecule has 19 nitrogen and oxygen atoms in total. The summed E-state index contributed by atoms with van der Waals surface area (Å²) < 4.78 is 12.9. The van der Waals surface area contributed by atoms with Crippen molar-refractivity contribution in [2.45, 2.75) is 13.5 Å². The standard InChI is InChI=1S/C24H19BrN12O7/c1-12-18(25)22(37(41)42)30-34(12)11-15-9-13(3-8-17(15)43-2)10-27-29-24(38)19-20(14-4-6-16(7-5-14)36(39)40)35(33-28-19)23-21(26)31-44-32-23/h3-10H,11H2,1-2H3,(H2,26,31)(H,29,38)/b27-10+. The number of rotatable bonds is 10. The van der Waals surface area contributed by atoms with Gasteiger partial charge in [0.05, 0.1) is 35.6 Å². The first-order chi connectivity index (χ1) is 21.1. The number of nitrogen functional groups attached to an aromatic ring is 1. The summed E-state index contributed by atoms with van der Waals surface area (Å²) in [5.74, 6) is -0.760. The van der Waals surface area contributed by atoms with E-state index in [1.54, 1.807) is 25.1 Å². The predicted octanol–water partition coefficient (Wildman–Crippen LogP) is 2.80. The molecule has 3 N–H and O–H groups in total. The number of halogens is 1. The third kappa shape index (κ3) is 5.68. The number of non-ortho nitro benzene ring substituents is 1. The number of nitrogens with two attached hydrogens (primary N) is 1. The fourth-order valence-electron chi connectivity index (χ4n) is 4.08. The highest BCUT2D eigenvalue weighted by molar-refractivity contribution is 9.10. The highest BCUT2D eigenvalue weighted by Gasteiger charge is 2.26. The van der Waals surface area contributed by atoms with E-state index < -0.39 is 15.8 Å². The van der Waals surface area contributed by atoms with Gasteiger partial charge in [-0.2, -0.15) is 14.5 Å². The highest BCUT2D eigenvalue weighted by Crippen LogP contribution is 2.30. The van der Waals surface area contributed by atoms with Crippen LogP contribution < -0.4 is 15.9 Å². The number of ether oxygens (including phenoxy) is 1. The van der Waals surface area contributed by atoms with Gasteiger partial charge in [0.1, 0.15) is 15.9 Å². The average Bonchev–Trinajstić information content (AvgIpc) is 3.71. The lowest BCUT2D eigenvalue weighted by Crippen LogP contribution is -2.19. The summed E-state index contributed by atoms with van der Waals surface area (Å²) in [5.41, 5.74) is 9.98. The molecule has 20 heteroatoms. The van der Waals surface area contributed by atoms with Crippen LogP contribution in [0.25, 0.3) is 17.1 Å². The van der Waals surface area contributed by atoms with Gasteiger partial charge in [-0.25, -0.2) is 10.1 Å². The van der Waals surface area contributed by atoms with Gasteiger partial charge in [-0.15, -0.1) is 5.10 Å². The van der Waals surface area contributed by atoms with Crippen LogP contribution >= 0.6 is 15.9 Å². The van der Waals surface area contributed by atoms with Gasteiger partial charge in [0.15, 0.2) is 5.69 Å². The summed E-state index contributed by atoms with van der Waals surface area (Å²) in [5, 5.41) is 45.6. The van der Waals surface area contributed by atoms with Crippen LogP contribution in [0.5, 0.6) is 5.75 Å². The third-order valence-corrected chi connectivity index (χ3v) is 7.16. The summed E-state index contributed by atoms with van der Waals surface area (Å²) in [6, 6.07) is 10.4. The maximum atomic E-state index is 13.2. The average molecular weight is 667 g/mol. The molecule has 0 radical (unpaired) electrons. The Morgan fingerprint density at radius 2 is 1.93 bits per heavy atom. The highest BCUT2D eigenvalue weighted by atomic mass is 79.9. The van der Waals surface area contributed by atoms with Crippen LogP contribution in [0.4, 0.5) is 17.3 Å². The molecule has 224 valence electrons. The Hall–Kier alpha value is -6.05. The van der Waals surface area contributed by atoms with E-state index >= 15 is 0 Å². The van der Waals surface area contributed by atoms with Crippen LogP contribution in [-0.2, 0) is 6.54 Å². The molecule has 0 fully saturated rings. The van der Waals surface area contributed by atoms with Gasteiger partial charge >= 0.3 is 5.82 Å². The number of methoxy groups -OCH3 is 1. The summed E-state index contributed by atoms with van der Waals surface area (Å²) in [6.45, 7) is 1.84. The minimum absolute atomic E-state index is 0.0519. The fourth-order valence-corrected chi connectivity index (χ4v) is 4.51. The number of amides is 1. The number of nitrogens with zero attached hydrogens (tertiary/aromatic N) is 10. The minimum atomic E-state index is -0.770. The minimum Gasteiger partial charge on any atom is -0.496 e. The summed E-state index contributed by atoms with van der Waals surface area (Å²) >= 11 is 3.20. The van der Waals surface area contributed by atoms with E-state index in [0.717, 1.165) is 4.68 Å². The SMILES string of the molecule is COc1ccc(/C=N/NC(=O)c2nnn(-c3nonc3N)c2-c2ccc([N+](=O)[O-])cc2)cc1Cn1nc([N+](=O)[O-])c(Br)c1C. The van der Waals surface area contributed by atoms with Crippen LogP contribution in [0.15, 0.2) is 56.7 Å². The first kappa shape index (κ1) is 29.4. The first-order valence-electron chi connectivity index (χ1n) is 12.3. The van der Waals surface area contributed by atoms with E-state index in [4.69, 9.17) is 10.5 Å². The number of carbonyl (C=O) groups is 1.